The van der Waals surface area contributed by atoms with Gasteiger partial charge in [-0.25, -0.2) is 9.78 Å². The molecule has 3 rings (SSSR count). The topological polar surface area (TPSA) is 55.1 Å². The Balaban J connectivity index is 2.15. The summed E-state index contributed by atoms with van der Waals surface area (Å²) in [5.41, 5.74) is 2.21. The van der Waals surface area contributed by atoms with Crippen LogP contribution in [0, 0.1) is 0 Å². The molecule has 0 spiro atoms. The van der Waals surface area contributed by atoms with Crippen molar-refractivity contribution in [2.24, 2.45) is 0 Å². The van der Waals surface area contributed by atoms with Gasteiger partial charge in [-0.05, 0) is 32.1 Å². The lowest BCUT2D eigenvalue weighted by Gasteiger charge is -2.05. The van der Waals surface area contributed by atoms with E-state index in [1.807, 2.05) is 4.57 Å². The Labute approximate surface area is 81.6 Å². The highest BCUT2D eigenvalue weighted by Crippen LogP contribution is 2.39. The van der Waals surface area contributed by atoms with Crippen molar-refractivity contribution in [2.45, 2.75) is 38.1 Å². The van der Waals surface area contributed by atoms with E-state index >= 15 is 0 Å². The van der Waals surface area contributed by atoms with Crippen molar-refractivity contribution in [3.8, 4) is 0 Å². The maximum atomic E-state index is 11.0. The van der Waals surface area contributed by atoms with E-state index in [0.717, 1.165) is 37.8 Å². The molecular formula is C10H12N2O2. The first-order valence-electron chi connectivity index (χ1n) is 5.10. The van der Waals surface area contributed by atoms with Crippen molar-refractivity contribution >= 4 is 5.97 Å². The number of fused-ring (bicyclic) bond motifs is 1. The number of rotatable bonds is 2. The van der Waals surface area contributed by atoms with E-state index in [4.69, 9.17) is 5.11 Å². The van der Waals surface area contributed by atoms with Crippen LogP contribution < -0.4 is 0 Å². The number of carboxylic acids is 1. The fourth-order valence-corrected chi connectivity index (χ4v) is 2.28. The number of aromatic nitrogens is 2. The number of aryl methyl sites for hydroxylation is 1. The predicted molar refractivity (Wildman–Crippen MR) is 49.5 cm³/mol. The van der Waals surface area contributed by atoms with Crippen molar-refractivity contribution in [3.05, 3.63) is 17.2 Å². The van der Waals surface area contributed by atoms with E-state index < -0.39 is 5.97 Å². The molecule has 0 saturated heterocycles. The number of nitrogens with zero attached hydrogens (tertiary/aromatic N) is 2. The Bertz CT molecular complexity index is 404. The average Bonchev–Trinajstić information content (AvgIpc) is 2.76. The van der Waals surface area contributed by atoms with E-state index in [1.165, 1.54) is 5.69 Å². The van der Waals surface area contributed by atoms with Gasteiger partial charge >= 0.3 is 5.97 Å². The van der Waals surface area contributed by atoms with Crippen molar-refractivity contribution in [1.82, 2.24) is 9.55 Å². The van der Waals surface area contributed by atoms with Gasteiger partial charge in [0, 0.05) is 11.7 Å². The number of carbonyl (C=O) groups is 1. The van der Waals surface area contributed by atoms with Crippen molar-refractivity contribution < 1.29 is 9.90 Å². The largest absolute Gasteiger partial charge is 0.475 e. The molecule has 0 bridgehead atoms. The molecule has 1 aromatic heterocycles. The zero-order valence-corrected chi connectivity index (χ0v) is 7.86. The summed E-state index contributed by atoms with van der Waals surface area (Å²) in [6, 6.07) is 0.426. The summed E-state index contributed by atoms with van der Waals surface area (Å²) in [5, 5.41) is 9.02. The molecule has 4 heteroatoms. The first-order chi connectivity index (χ1) is 6.77. The van der Waals surface area contributed by atoms with Gasteiger partial charge in [0.25, 0.3) is 0 Å². The molecule has 2 aliphatic carbocycles. The minimum atomic E-state index is -0.883. The van der Waals surface area contributed by atoms with Crippen LogP contribution in [0.5, 0.6) is 0 Å². The second kappa shape index (κ2) is 2.59. The van der Waals surface area contributed by atoms with Gasteiger partial charge in [0.2, 0.25) is 5.82 Å². The maximum absolute atomic E-state index is 11.0. The van der Waals surface area contributed by atoms with Gasteiger partial charge in [-0.15, -0.1) is 0 Å². The lowest BCUT2D eigenvalue weighted by molar-refractivity contribution is 0.0677. The van der Waals surface area contributed by atoms with E-state index in [0.29, 0.717) is 6.04 Å². The number of hydrogen-bond acceptors (Lipinski definition) is 2. The van der Waals surface area contributed by atoms with Gasteiger partial charge in [0.15, 0.2) is 0 Å². The maximum Gasteiger partial charge on any atom is 0.372 e. The molecule has 1 fully saturated rings. The van der Waals surface area contributed by atoms with Crippen LogP contribution in [0.2, 0.25) is 0 Å². The highest BCUT2D eigenvalue weighted by molar-refractivity contribution is 5.84. The van der Waals surface area contributed by atoms with Crippen LogP contribution in [0.25, 0.3) is 0 Å². The second-order valence-electron chi connectivity index (χ2n) is 4.09. The summed E-state index contributed by atoms with van der Waals surface area (Å²) in [6.07, 6.45) is 5.32. The summed E-state index contributed by atoms with van der Waals surface area (Å²) in [7, 11) is 0. The highest BCUT2D eigenvalue weighted by atomic mass is 16.4. The molecule has 1 heterocycles. The number of hydrogen-bond donors (Lipinski definition) is 1. The Kier molecular flexibility index (Phi) is 1.48. The van der Waals surface area contributed by atoms with Crippen molar-refractivity contribution in [1.29, 1.82) is 0 Å². The van der Waals surface area contributed by atoms with E-state index in [-0.39, 0.29) is 5.82 Å². The summed E-state index contributed by atoms with van der Waals surface area (Å²) in [6.45, 7) is 0. The standard InChI is InChI=1S/C10H12N2O2/c13-10(14)9-11-7-2-1-3-8(7)12(9)6-4-5-6/h6H,1-5H2,(H,13,14). The van der Waals surface area contributed by atoms with Crippen LogP contribution in [0.1, 0.15) is 47.3 Å². The molecule has 1 aromatic rings. The third-order valence-electron chi connectivity index (χ3n) is 3.02. The van der Waals surface area contributed by atoms with Gasteiger partial charge in [-0.3, -0.25) is 0 Å². The monoisotopic (exact) mass is 192 g/mol. The molecule has 1 saturated carbocycles. The lowest BCUT2D eigenvalue weighted by Crippen LogP contribution is -2.10. The number of aromatic carboxylic acids is 1. The summed E-state index contributed by atoms with van der Waals surface area (Å²) in [5.74, 6) is -0.622. The summed E-state index contributed by atoms with van der Waals surface area (Å²) < 4.78 is 1.96. The van der Waals surface area contributed by atoms with Crippen LogP contribution in [-0.2, 0) is 12.8 Å². The average molecular weight is 192 g/mol. The molecule has 74 valence electrons. The molecule has 0 unspecified atom stereocenters. The Hall–Kier alpha value is -1.32. The van der Waals surface area contributed by atoms with Crippen LogP contribution >= 0.6 is 0 Å². The van der Waals surface area contributed by atoms with Gasteiger partial charge < -0.3 is 9.67 Å². The number of carboxylic acid groups (broad SMARTS) is 1. The van der Waals surface area contributed by atoms with Gasteiger partial charge in [-0.2, -0.15) is 0 Å². The van der Waals surface area contributed by atoms with Crippen LogP contribution in [0.4, 0.5) is 0 Å². The quantitative estimate of drug-likeness (QED) is 0.770. The molecule has 2 aliphatic rings. The Morgan fingerprint density at radius 1 is 1.43 bits per heavy atom. The smallest absolute Gasteiger partial charge is 0.372 e. The molecule has 0 amide bonds. The Morgan fingerprint density at radius 3 is 2.86 bits per heavy atom. The SMILES string of the molecule is O=C(O)c1nc2c(n1C1CC1)CCC2. The van der Waals surface area contributed by atoms with Crippen LogP contribution in [0.15, 0.2) is 0 Å². The van der Waals surface area contributed by atoms with E-state index in [9.17, 15) is 4.79 Å². The fourth-order valence-electron chi connectivity index (χ4n) is 2.28. The molecule has 0 aromatic carbocycles. The van der Waals surface area contributed by atoms with Crippen LogP contribution in [-0.4, -0.2) is 20.6 Å². The van der Waals surface area contributed by atoms with Crippen molar-refractivity contribution in [2.75, 3.05) is 0 Å². The minimum Gasteiger partial charge on any atom is -0.475 e. The molecule has 4 nitrogen and oxygen atoms in total. The van der Waals surface area contributed by atoms with E-state index in [1.54, 1.807) is 0 Å². The molecular weight excluding hydrogens is 180 g/mol. The molecule has 0 aliphatic heterocycles. The summed E-state index contributed by atoms with van der Waals surface area (Å²) >= 11 is 0. The van der Waals surface area contributed by atoms with Gasteiger partial charge in [0.05, 0.1) is 5.69 Å². The first kappa shape index (κ1) is 8.03. The Morgan fingerprint density at radius 2 is 2.21 bits per heavy atom. The molecule has 0 radical (unpaired) electrons. The van der Waals surface area contributed by atoms with Gasteiger partial charge in [0.1, 0.15) is 0 Å². The second-order valence-corrected chi connectivity index (χ2v) is 4.09. The predicted octanol–water partition coefficient (Wildman–Crippen LogP) is 1.40. The zero-order valence-electron chi connectivity index (χ0n) is 7.86. The van der Waals surface area contributed by atoms with E-state index in [2.05, 4.69) is 4.98 Å². The van der Waals surface area contributed by atoms with Crippen LogP contribution in [0.3, 0.4) is 0 Å². The minimum absolute atomic E-state index is 0.261. The fraction of sp³-hybridized carbons (Fsp3) is 0.600. The lowest BCUT2D eigenvalue weighted by atomic mass is 10.3. The zero-order chi connectivity index (χ0) is 9.71. The third kappa shape index (κ3) is 0.997. The van der Waals surface area contributed by atoms with Gasteiger partial charge in [-0.1, -0.05) is 0 Å². The number of imidazole rings is 1. The molecule has 14 heavy (non-hydrogen) atoms. The normalized spacial score (nSPS) is 19.7. The van der Waals surface area contributed by atoms with Crippen molar-refractivity contribution in [3.63, 3.8) is 0 Å². The molecule has 0 atom stereocenters. The molecule has 1 N–H and O–H groups in total. The summed E-state index contributed by atoms with van der Waals surface area (Å²) in [4.78, 5) is 15.2. The highest BCUT2D eigenvalue weighted by Gasteiger charge is 2.33. The first-order valence-corrected chi connectivity index (χ1v) is 5.10. The third-order valence-corrected chi connectivity index (χ3v) is 3.02.